The Labute approximate surface area is 159 Å². The molecule has 0 radical (unpaired) electrons. The zero-order valence-electron chi connectivity index (χ0n) is 15.8. The predicted octanol–water partition coefficient (Wildman–Crippen LogP) is 2.35. The number of aliphatic hydroxyl groups is 1. The van der Waals surface area contributed by atoms with Gasteiger partial charge in [-0.25, -0.2) is 0 Å². The summed E-state index contributed by atoms with van der Waals surface area (Å²) < 4.78 is 34.5. The molecule has 1 N–H and O–H groups in total. The van der Waals surface area contributed by atoms with Crippen LogP contribution in [0.15, 0.2) is 29.2 Å². The van der Waals surface area contributed by atoms with Gasteiger partial charge in [0.25, 0.3) is 10.1 Å². The van der Waals surface area contributed by atoms with Gasteiger partial charge in [-0.15, -0.1) is 0 Å². The highest BCUT2D eigenvalue weighted by Crippen LogP contribution is 2.34. The van der Waals surface area contributed by atoms with Crippen molar-refractivity contribution in [2.45, 2.75) is 57.6 Å². The Morgan fingerprint density at radius 2 is 1.85 bits per heavy atom. The molecular formula is C19H26O7S. The lowest BCUT2D eigenvalue weighted by Crippen LogP contribution is -2.43. The maximum Gasteiger partial charge on any atom is 0.324 e. The van der Waals surface area contributed by atoms with Gasteiger partial charge in [0, 0.05) is 6.42 Å². The van der Waals surface area contributed by atoms with Crippen LogP contribution in [0.4, 0.5) is 0 Å². The summed E-state index contributed by atoms with van der Waals surface area (Å²) in [6.45, 7) is 3.51. The molecular weight excluding hydrogens is 372 g/mol. The van der Waals surface area contributed by atoms with E-state index in [1.165, 1.54) is 19.1 Å². The molecule has 8 heteroatoms. The van der Waals surface area contributed by atoms with Gasteiger partial charge in [-0.3, -0.25) is 13.8 Å². The fourth-order valence-electron chi connectivity index (χ4n) is 2.37. The molecule has 1 fully saturated rings. The van der Waals surface area contributed by atoms with Crippen LogP contribution in [0.25, 0.3) is 0 Å². The number of hydrogen-bond acceptors (Lipinski definition) is 7. The highest BCUT2D eigenvalue weighted by Gasteiger charge is 2.43. The molecule has 2 rings (SSSR count). The van der Waals surface area contributed by atoms with E-state index in [1.54, 1.807) is 12.1 Å². The molecule has 1 aliphatic rings. The van der Waals surface area contributed by atoms with Crippen LogP contribution in [-0.2, 0) is 28.6 Å². The summed E-state index contributed by atoms with van der Waals surface area (Å²) in [5.41, 5.74) is -0.954. The first-order chi connectivity index (χ1) is 12.5. The van der Waals surface area contributed by atoms with Crippen LogP contribution in [-0.4, -0.2) is 38.2 Å². The van der Waals surface area contributed by atoms with Crippen molar-refractivity contribution in [2.24, 2.45) is 11.3 Å². The fourth-order valence-corrected chi connectivity index (χ4v) is 3.37. The lowest BCUT2D eigenvalue weighted by Gasteiger charge is -2.25. The predicted molar refractivity (Wildman–Crippen MR) is 97.2 cm³/mol. The second-order valence-electron chi connectivity index (χ2n) is 7.30. The summed E-state index contributed by atoms with van der Waals surface area (Å²) in [6, 6.07) is 6.00. The molecule has 2 unspecified atom stereocenters. The van der Waals surface area contributed by atoms with Crippen molar-refractivity contribution < 1.29 is 32.0 Å². The molecule has 2 atom stereocenters. The number of aliphatic hydroxyl groups excluding tert-OH is 1. The van der Waals surface area contributed by atoms with Crippen LogP contribution in [0.5, 0.6) is 0 Å². The highest BCUT2D eigenvalue weighted by atomic mass is 32.2. The van der Waals surface area contributed by atoms with Gasteiger partial charge in [0.15, 0.2) is 0 Å². The van der Waals surface area contributed by atoms with E-state index in [9.17, 15) is 23.1 Å². The Kier molecular flexibility index (Phi) is 6.77. The van der Waals surface area contributed by atoms with Gasteiger partial charge in [-0.05, 0) is 45.2 Å². The van der Waals surface area contributed by atoms with E-state index in [2.05, 4.69) is 0 Å². The number of ether oxygens (including phenoxy) is 1. The number of rotatable bonds is 10. The van der Waals surface area contributed by atoms with Crippen LogP contribution in [0.1, 0.15) is 45.1 Å². The molecule has 1 saturated carbocycles. The Bertz CT molecular complexity index is 781. The molecule has 0 bridgehead atoms. The van der Waals surface area contributed by atoms with Gasteiger partial charge in [-0.2, -0.15) is 8.42 Å². The normalized spacial score (nSPS) is 17.8. The number of esters is 1. The minimum Gasteiger partial charge on any atom is -0.435 e. The summed E-state index contributed by atoms with van der Waals surface area (Å²) >= 11 is 0. The Morgan fingerprint density at radius 3 is 2.37 bits per heavy atom. The smallest absolute Gasteiger partial charge is 0.324 e. The van der Waals surface area contributed by atoms with Gasteiger partial charge in [0.1, 0.15) is 11.2 Å². The summed E-state index contributed by atoms with van der Waals surface area (Å²) in [7, 11) is -4.14. The van der Waals surface area contributed by atoms with Gasteiger partial charge >= 0.3 is 5.97 Å². The minimum atomic E-state index is -4.14. The first-order valence-electron chi connectivity index (χ1n) is 8.91. The van der Waals surface area contributed by atoms with E-state index in [0.29, 0.717) is 5.92 Å². The van der Waals surface area contributed by atoms with Crippen molar-refractivity contribution in [1.82, 2.24) is 0 Å². The Morgan fingerprint density at radius 1 is 1.26 bits per heavy atom. The molecule has 150 valence electrons. The molecule has 1 aromatic carbocycles. The van der Waals surface area contributed by atoms with Crippen LogP contribution in [0, 0.1) is 18.3 Å². The van der Waals surface area contributed by atoms with Crippen molar-refractivity contribution in [1.29, 1.82) is 0 Å². The molecule has 27 heavy (non-hydrogen) atoms. The second kappa shape index (κ2) is 8.50. The summed E-state index contributed by atoms with van der Waals surface area (Å²) in [5.74, 6) is -1.06. The first kappa shape index (κ1) is 21.5. The van der Waals surface area contributed by atoms with Crippen molar-refractivity contribution in [3.8, 4) is 0 Å². The van der Waals surface area contributed by atoms with Crippen molar-refractivity contribution in [3.63, 3.8) is 0 Å². The summed E-state index contributed by atoms with van der Waals surface area (Å²) in [4.78, 5) is 24.3. The van der Waals surface area contributed by atoms with Crippen molar-refractivity contribution in [2.75, 3.05) is 6.61 Å². The van der Waals surface area contributed by atoms with Crippen molar-refractivity contribution >= 4 is 21.9 Å². The molecule has 0 heterocycles. The van der Waals surface area contributed by atoms with Gasteiger partial charge in [0.05, 0.1) is 11.5 Å². The highest BCUT2D eigenvalue weighted by molar-refractivity contribution is 7.86. The topological polar surface area (TPSA) is 107 Å². The molecule has 0 aliphatic heterocycles. The number of carbonyl (C=O) groups excluding carboxylic acids is 2. The summed E-state index contributed by atoms with van der Waals surface area (Å²) in [6.07, 6.45) is 1.91. The van der Waals surface area contributed by atoms with E-state index in [0.717, 1.165) is 31.7 Å². The molecule has 1 aromatic rings. The molecule has 7 nitrogen and oxygen atoms in total. The standard InChI is InChI=1S/C19H26O7S/c1-13-4-9-16(10-5-13)27(23,24)25-12-19(3,14(2)20)18(22)26-17(21)11-8-15-6-7-15/h4-5,9-10,15,17,21H,6-8,11-12H2,1-3H3. The van der Waals surface area contributed by atoms with Crippen LogP contribution in [0.2, 0.25) is 0 Å². The monoisotopic (exact) mass is 398 g/mol. The number of hydrogen-bond donors (Lipinski definition) is 1. The van der Waals surface area contributed by atoms with Crippen molar-refractivity contribution in [3.05, 3.63) is 29.8 Å². The number of Topliss-reactive ketones (excluding diaryl/α,β-unsaturated/α-hetero) is 1. The lowest BCUT2D eigenvalue weighted by molar-refractivity contribution is -0.182. The van der Waals surface area contributed by atoms with E-state index in [4.69, 9.17) is 8.92 Å². The summed E-state index contributed by atoms with van der Waals surface area (Å²) in [5, 5.41) is 9.86. The van der Waals surface area contributed by atoms with Crippen LogP contribution in [0.3, 0.4) is 0 Å². The maximum atomic E-state index is 12.4. The van der Waals surface area contributed by atoms with E-state index in [1.807, 2.05) is 6.92 Å². The largest absolute Gasteiger partial charge is 0.435 e. The zero-order chi connectivity index (χ0) is 20.2. The van der Waals surface area contributed by atoms with E-state index >= 15 is 0 Å². The minimum absolute atomic E-state index is 0.0724. The number of ketones is 1. The molecule has 0 aromatic heterocycles. The molecule has 1 aliphatic carbocycles. The van der Waals surface area contributed by atoms with Crippen LogP contribution < -0.4 is 0 Å². The Balaban J connectivity index is 2.02. The van der Waals surface area contributed by atoms with Gasteiger partial charge in [-0.1, -0.05) is 30.5 Å². The SMILES string of the molecule is CC(=O)C(C)(COS(=O)(=O)c1ccc(C)cc1)C(=O)OC(O)CCC1CC1. The van der Waals surface area contributed by atoms with E-state index < -0.39 is 40.2 Å². The fraction of sp³-hybridized carbons (Fsp3) is 0.579. The third-order valence-electron chi connectivity index (χ3n) is 4.80. The third kappa shape index (κ3) is 5.85. The number of benzene rings is 1. The number of carbonyl (C=O) groups is 2. The van der Waals surface area contributed by atoms with Gasteiger partial charge in [0.2, 0.25) is 6.29 Å². The van der Waals surface area contributed by atoms with Crippen LogP contribution >= 0.6 is 0 Å². The molecule has 0 amide bonds. The van der Waals surface area contributed by atoms with Gasteiger partial charge < -0.3 is 9.84 Å². The molecule has 0 spiro atoms. The number of aryl methyl sites for hydroxylation is 1. The maximum absolute atomic E-state index is 12.4. The average molecular weight is 398 g/mol. The zero-order valence-corrected chi connectivity index (χ0v) is 16.6. The Hall–Kier alpha value is -1.77. The first-order valence-corrected chi connectivity index (χ1v) is 10.3. The second-order valence-corrected chi connectivity index (χ2v) is 8.91. The third-order valence-corrected chi connectivity index (χ3v) is 6.08. The quantitative estimate of drug-likeness (QED) is 0.279. The molecule has 0 saturated heterocycles. The average Bonchev–Trinajstić information content (AvgIpc) is 3.42. The van der Waals surface area contributed by atoms with E-state index in [-0.39, 0.29) is 11.3 Å². The lowest BCUT2D eigenvalue weighted by atomic mass is 9.87.